The Hall–Kier alpha value is -2.58. The minimum atomic E-state index is -0.807. The van der Waals surface area contributed by atoms with Crippen LogP contribution in [0.4, 0.5) is 5.69 Å². The third kappa shape index (κ3) is 2.42. The Morgan fingerprint density at radius 1 is 1.16 bits per heavy atom. The van der Waals surface area contributed by atoms with Crippen molar-refractivity contribution in [1.29, 1.82) is 0 Å². The number of nitrogens with zero attached hydrogens (tertiary/aromatic N) is 2. The van der Waals surface area contributed by atoms with Crippen molar-refractivity contribution in [2.75, 3.05) is 32.1 Å². The first-order valence-corrected chi connectivity index (χ1v) is 14.0. The number of likely N-dealkylation sites (N-methyl/N-ethyl adjacent to an activating group) is 1. The molecule has 38 heavy (non-hydrogen) atoms. The predicted octanol–water partition coefficient (Wildman–Crippen LogP) is 3.84. The van der Waals surface area contributed by atoms with Crippen LogP contribution in [0.15, 0.2) is 24.5 Å². The lowest BCUT2D eigenvalue weighted by Gasteiger charge is -2.66. The minimum Gasteiger partial charge on any atom is -0.480 e. The predicted molar refractivity (Wildman–Crippen MR) is 142 cm³/mol. The SMILES string of the molecule is CCO[C@]1(C)CCN2CC34CC5(C(=O)Nc6c5ccc5c6OC=CC(C)(C)O5)C(C)(C)C3CC21C(=O)N4C. The number of piperazine rings is 1. The van der Waals surface area contributed by atoms with Crippen molar-refractivity contribution in [1.82, 2.24) is 9.80 Å². The summed E-state index contributed by atoms with van der Waals surface area (Å²) in [6.45, 7) is 14.7. The van der Waals surface area contributed by atoms with E-state index in [9.17, 15) is 9.59 Å². The second-order valence-electron chi connectivity index (χ2n) is 13.6. The molecule has 1 aliphatic carbocycles. The molecule has 8 heteroatoms. The standard InChI is InChI=1S/C30H39N3O5/c1-8-37-27(6)11-13-33-17-28-16-29(26(4,5)20(28)15-30(27,33)24(35)32(28)7)18-9-10-19-22(21(18)31-23(29)34)36-14-12-25(2,3)38-19/h9-10,12,14,20H,8,11,13,15-17H2,1-7H3,(H,31,34)/t20?,27-,28?,29?,30?/m1/s1. The summed E-state index contributed by atoms with van der Waals surface area (Å²) in [4.78, 5) is 33.0. The summed E-state index contributed by atoms with van der Waals surface area (Å²) in [6.07, 6.45) is 5.65. The number of amides is 2. The number of rotatable bonds is 2. The van der Waals surface area contributed by atoms with Crippen LogP contribution >= 0.6 is 0 Å². The number of nitrogens with one attached hydrogen (secondary N) is 1. The summed E-state index contributed by atoms with van der Waals surface area (Å²) in [7, 11) is 1.96. The Bertz CT molecular complexity index is 1320. The van der Waals surface area contributed by atoms with Crippen molar-refractivity contribution >= 4 is 17.5 Å². The van der Waals surface area contributed by atoms with Crippen LogP contribution in [0.5, 0.6) is 11.5 Å². The topological polar surface area (TPSA) is 80.3 Å². The Balaban J connectivity index is 1.40. The van der Waals surface area contributed by atoms with Crippen LogP contribution in [-0.4, -0.2) is 70.6 Å². The Labute approximate surface area is 224 Å². The molecule has 2 bridgehead atoms. The van der Waals surface area contributed by atoms with Gasteiger partial charge >= 0.3 is 0 Å². The van der Waals surface area contributed by atoms with Gasteiger partial charge in [-0.05, 0) is 76.0 Å². The van der Waals surface area contributed by atoms with Crippen molar-refractivity contribution in [2.24, 2.45) is 11.3 Å². The molecular weight excluding hydrogens is 482 g/mol. The zero-order chi connectivity index (χ0) is 27.1. The fraction of sp³-hybridized carbons (Fsp3) is 0.667. The smallest absolute Gasteiger partial charge is 0.246 e. The van der Waals surface area contributed by atoms with Crippen LogP contribution in [0.2, 0.25) is 0 Å². The average Bonchev–Trinajstić information content (AvgIpc) is 3.31. The largest absolute Gasteiger partial charge is 0.480 e. The first-order chi connectivity index (χ1) is 17.8. The molecular formula is C30H39N3O5. The molecule has 1 saturated carbocycles. The number of hydrogen-bond acceptors (Lipinski definition) is 6. The first kappa shape index (κ1) is 24.5. The van der Waals surface area contributed by atoms with Crippen LogP contribution in [0.3, 0.4) is 0 Å². The molecule has 7 aliphatic rings. The summed E-state index contributed by atoms with van der Waals surface area (Å²) >= 11 is 0. The lowest BCUT2D eigenvalue weighted by molar-refractivity contribution is -0.213. The first-order valence-electron chi connectivity index (χ1n) is 14.0. The number of carbonyl (C=O) groups is 2. The zero-order valence-electron chi connectivity index (χ0n) is 23.6. The van der Waals surface area contributed by atoms with Gasteiger partial charge in [0.2, 0.25) is 11.8 Å². The number of anilines is 1. The average molecular weight is 522 g/mol. The van der Waals surface area contributed by atoms with Gasteiger partial charge in [-0.2, -0.15) is 0 Å². The monoisotopic (exact) mass is 521 g/mol. The highest BCUT2D eigenvalue weighted by Crippen LogP contribution is 2.73. The molecule has 6 aliphatic heterocycles. The highest BCUT2D eigenvalue weighted by atomic mass is 16.5. The van der Waals surface area contributed by atoms with Crippen LogP contribution < -0.4 is 14.8 Å². The van der Waals surface area contributed by atoms with E-state index in [-0.39, 0.29) is 17.7 Å². The number of carbonyl (C=O) groups excluding carboxylic acids is 2. The summed E-state index contributed by atoms with van der Waals surface area (Å²) in [5, 5.41) is 3.23. The summed E-state index contributed by atoms with van der Waals surface area (Å²) in [6, 6.07) is 3.99. The Kier molecular flexibility index (Phi) is 4.47. The number of hydrogen-bond donors (Lipinski definition) is 1. The summed E-state index contributed by atoms with van der Waals surface area (Å²) in [5.74, 6) is 1.42. The molecule has 1 N–H and O–H groups in total. The van der Waals surface area contributed by atoms with Gasteiger partial charge in [0.05, 0.1) is 28.5 Å². The van der Waals surface area contributed by atoms with Gasteiger partial charge in [-0.15, -0.1) is 0 Å². The van der Waals surface area contributed by atoms with Gasteiger partial charge in [0.15, 0.2) is 11.5 Å². The van der Waals surface area contributed by atoms with E-state index in [1.165, 1.54) is 0 Å². The van der Waals surface area contributed by atoms with Crippen molar-refractivity contribution in [3.8, 4) is 11.5 Å². The number of benzene rings is 1. The van der Waals surface area contributed by atoms with E-state index in [2.05, 4.69) is 31.0 Å². The fourth-order valence-corrected chi connectivity index (χ4v) is 9.53. The van der Waals surface area contributed by atoms with Crippen LogP contribution in [0.25, 0.3) is 0 Å². The highest BCUT2D eigenvalue weighted by molar-refractivity contribution is 6.09. The quantitative estimate of drug-likeness (QED) is 0.637. The van der Waals surface area contributed by atoms with Gasteiger partial charge in [0.25, 0.3) is 0 Å². The van der Waals surface area contributed by atoms with Crippen molar-refractivity contribution in [2.45, 2.75) is 88.5 Å². The van der Waals surface area contributed by atoms with Gasteiger partial charge in [-0.25, -0.2) is 0 Å². The van der Waals surface area contributed by atoms with Gasteiger partial charge in [-0.1, -0.05) is 19.9 Å². The lowest BCUT2D eigenvalue weighted by atomic mass is 9.55. The third-order valence-corrected chi connectivity index (χ3v) is 11.5. The third-order valence-electron chi connectivity index (χ3n) is 11.5. The van der Waals surface area contributed by atoms with E-state index >= 15 is 0 Å². The van der Waals surface area contributed by atoms with E-state index in [0.717, 1.165) is 25.1 Å². The van der Waals surface area contributed by atoms with E-state index in [0.29, 0.717) is 36.6 Å². The molecule has 4 unspecified atom stereocenters. The summed E-state index contributed by atoms with van der Waals surface area (Å²) < 4.78 is 18.7. The second kappa shape index (κ2) is 6.94. The van der Waals surface area contributed by atoms with Crippen molar-refractivity contribution < 1.29 is 23.8 Å². The maximum Gasteiger partial charge on any atom is 0.246 e. The molecule has 8 rings (SSSR count). The minimum absolute atomic E-state index is 0.0136. The van der Waals surface area contributed by atoms with E-state index in [1.807, 2.05) is 50.9 Å². The lowest BCUT2D eigenvalue weighted by Crippen LogP contribution is -2.82. The second-order valence-corrected chi connectivity index (χ2v) is 13.6. The van der Waals surface area contributed by atoms with Crippen molar-refractivity contribution in [3.63, 3.8) is 0 Å². The normalized spacial score (nSPS) is 41.2. The van der Waals surface area contributed by atoms with E-state index < -0.39 is 33.1 Å². The van der Waals surface area contributed by atoms with Crippen molar-refractivity contribution in [3.05, 3.63) is 30.0 Å². The Morgan fingerprint density at radius 2 is 1.92 bits per heavy atom. The van der Waals surface area contributed by atoms with Crippen LogP contribution in [-0.2, 0) is 19.7 Å². The maximum absolute atomic E-state index is 14.3. The molecule has 3 spiro atoms. The summed E-state index contributed by atoms with van der Waals surface area (Å²) in [5.41, 5.74) is -1.82. The number of piperidine rings is 2. The number of ether oxygens (including phenoxy) is 3. The van der Waals surface area contributed by atoms with E-state index in [1.54, 1.807) is 6.26 Å². The molecule has 1 aromatic carbocycles. The van der Waals surface area contributed by atoms with Crippen LogP contribution in [0.1, 0.15) is 66.4 Å². The molecule has 1 aromatic rings. The van der Waals surface area contributed by atoms with E-state index in [4.69, 9.17) is 14.2 Å². The van der Waals surface area contributed by atoms with Gasteiger partial charge in [0.1, 0.15) is 11.1 Å². The molecule has 4 saturated heterocycles. The van der Waals surface area contributed by atoms with Gasteiger partial charge < -0.3 is 24.4 Å². The molecule has 5 fully saturated rings. The van der Waals surface area contributed by atoms with Crippen LogP contribution in [0, 0.1) is 11.3 Å². The zero-order valence-corrected chi connectivity index (χ0v) is 23.6. The molecule has 0 radical (unpaired) electrons. The number of fused-ring (bicyclic) bond motifs is 5. The fourth-order valence-electron chi connectivity index (χ4n) is 9.53. The molecule has 5 atom stereocenters. The van der Waals surface area contributed by atoms with Gasteiger partial charge in [0, 0.05) is 26.7 Å². The highest BCUT2D eigenvalue weighted by Gasteiger charge is 2.82. The maximum atomic E-state index is 14.3. The molecule has 0 aromatic heterocycles. The molecule has 8 nitrogen and oxygen atoms in total. The Morgan fingerprint density at radius 3 is 2.66 bits per heavy atom. The van der Waals surface area contributed by atoms with Gasteiger partial charge in [-0.3, -0.25) is 14.5 Å². The molecule has 204 valence electrons. The molecule has 2 amide bonds. The molecule has 6 heterocycles.